The molecule has 0 radical (unpaired) electrons. The zero-order valence-corrected chi connectivity index (χ0v) is 13.7. The van der Waals surface area contributed by atoms with Crippen molar-refractivity contribution in [2.75, 3.05) is 10.6 Å². The Kier molecular flexibility index (Phi) is 4.76. The van der Waals surface area contributed by atoms with E-state index in [0.29, 0.717) is 4.31 Å². The van der Waals surface area contributed by atoms with Crippen LogP contribution in [0, 0.1) is 5.82 Å². The summed E-state index contributed by atoms with van der Waals surface area (Å²) in [7, 11) is -3.99. The third-order valence-electron chi connectivity index (χ3n) is 2.98. The van der Waals surface area contributed by atoms with E-state index >= 15 is 0 Å². The van der Waals surface area contributed by atoms with Crippen molar-refractivity contribution in [2.24, 2.45) is 5.73 Å². The van der Waals surface area contributed by atoms with Gasteiger partial charge >= 0.3 is 0 Å². The minimum Gasteiger partial charge on any atom is -0.389 e. The largest absolute Gasteiger partial charge is 0.389 e. The SMILES string of the molecule is CS(=O)(=O)N(C(=O)c1ccccc1)c1ccc(F)cc1C(N)=S. The number of amides is 1. The standard InChI is InChI=1S/C15H13FN2O3S2/c1-23(20,21)18(15(19)10-5-3-2-4-6-10)13-8-7-11(16)9-12(13)14(17)22/h2-9H,1H3,(H2,17,22). The second-order valence-electron chi connectivity index (χ2n) is 4.72. The molecule has 0 saturated heterocycles. The molecule has 2 aromatic carbocycles. The Hall–Kier alpha value is -2.32. The average molecular weight is 352 g/mol. The molecule has 0 unspecified atom stereocenters. The van der Waals surface area contributed by atoms with E-state index in [4.69, 9.17) is 18.0 Å². The number of anilines is 1. The fourth-order valence-corrected chi connectivity index (χ4v) is 3.11. The predicted molar refractivity (Wildman–Crippen MR) is 90.4 cm³/mol. The second kappa shape index (κ2) is 6.43. The van der Waals surface area contributed by atoms with E-state index in [1.165, 1.54) is 12.1 Å². The monoisotopic (exact) mass is 352 g/mol. The Balaban J connectivity index is 2.67. The van der Waals surface area contributed by atoms with Crippen LogP contribution in [0.25, 0.3) is 0 Å². The number of nitrogens with zero attached hydrogens (tertiary/aromatic N) is 1. The van der Waals surface area contributed by atoms with Crippen LogP contribution >= 0.6 is 12.2 Å². The van der Waals surface area contributed by atoms with Crippen LogP contribution < -0.4 is 10.0 Å². The second-order valence-corrected chi connectivity index (χ2v) is 7.00. The van der Waals surface area contributed by atoms with Gasteiger partial charge in [-0.15, -0.1) is 0 Å². The normalized spacial score (nSPS) is 11.0. The summed E-state index contributed by atoms with van der Waals surface area (Å²) in [5.74, 6) is -1.42. The highest BCUT2D eigenvalue weighted by molar-refractivity contribution is 7.92. The van der Waals surface area contributed by atoms with Crippen molar-refractivity contribution in [1.29, 1.82) is 0 Å². The number of carbonyl (C=O) groups excluding carboxylic acids is 1. The molecule has 8 heteroatoms. The van der Waals surface area contributed by atoms with E-state index in [1.54, 1.807) is 18.2 Å². The summed E-state index contributed by atoms with van der Waals surface area (Å²) in [6.07, 6.45) is 0.876. The van der Waals surface area contributed by atoms with Crippen LogP contribution in [0.1, 0.15) is 15.9 Å². The number of thiocarbonyl (C=S) groups is 1. The van der Waals surface area contributed by atoms with Gasteiger partial charge in [-0.05, 0) is 30.3 Å². The molecule has 0 aromatic heterocycles. The molecule has 0 aliphatic rings. The van der Waals surface area contributed by atoms with Crippen molar-refractivity contribution in [1.82, 2.24) is 0 Å². The van der Waals surface area contributed by atoms with Gasteiger partial charge in [-0.2, -0.15) is 0 Å². The highest BCUT2D eigenvalue weighted by atomic mass is 32.2. The zero-order chi connectivity index (χ0) is 17.2. The van der Waals surface area contributed by atoms with E-state index in [2.05, 4.69) is 0 Å². The van der Waals surface area contributed by atoms with Gasteiger partial charge in [-0.25, -0.2) is 17.1 Å². The van der Waals surface area contributed by atoms with Crippen LogP contribution in [0.5, 0.6) is 0 Å². The molecule has 0 aliphatic heterocycles. The predicted octanol–water partition coefficient (Wildman–Crippen LogP) is 2.07. The summed E-state index contributed by atoms with van der Waals surface area (Å²) in [6, 6.07) is 11.0. The van der Waals surface area contributed by atoms with Crippen molar-refractivity contribution >= 4 is 38.8 Å². The van der Waals surface area contributed by atoms with Gasteiger partial charge < -0.3 is 5.73 Å². The minimum absolute atomic E-state index is 0.0327. The van der Waals surface area contributed by atoms with Gasteiger partial charge in [0.1, 0.15) is 10.8 Å². The molecule has 0 heterocycles. The van der Waals surface area contributed by atoms with Gasteiger partial charge in [-0.3, -0.25) is 4.79 Å². The number of benzene rings is 2. The third kappa shape index (κ3) is 3.72. The first-order valence-corrected chi connectivity index (χ1v) is 8.66. The summed E-state index contributed by atoms with van der Waals surface area (Å²) in [6.45, 7) is 0. The van der Waals surface area contributed by atoms with Crippen LogP contribution in [-0.2, 0) is 10.0 Å². The van der Waals surface area contributed by atoms with Gasteiger partial charge in [0.05, 0.1) is 11.9 Å². The van der Waals surface area contributed by atoms with Gasteiger partial charge in [-0.1, -0.05) is 30.4 Å². The highest BCUT2D eigenvalue weighted by Crippen LogP contribution is 2.26. The maximum absolute atomic E-state index is 13.4. The molecule has 5 nitrogen and oxygen atoms in total. The van der Waals surface area contributed by atoms with Gasteiger partial charge in [0.25, 0.3) is 5.91 Å². The van der Waals surface area contributed by atoms with Crippen molar-refractivity contribution in [3.63, 3.8) is 0 Å². The summed E-state index contributed by atoms with van der Waals surface area (Å²) in [5.41, 5.74) is 5.58. The number of hydrogen-bond donors (Lipinski definition) is 1. The number of nitrogens with two attached hydrogens (primary N) is 1. The van der Waals surface area contributed by atoms with Gasteiger partial charge in [0.15, 0.2) is 0 Å². The Morgan fingerprint density at radius 3 is 2.30 bits per heavy atom. The smallest absolute Gasteiger partial charge is 0.272 e. The molecule has 120 valence electrons. The van der Waals surface area contributed by atoms with Crippen LogP contribution in [0.3, 0.4) is 0 Å². The average Bonchev–Trinajstić information content (AvgIpc) is 2.48. The van der Waals surface area contributed by atoms with Crippen molar-refractivity contribution in [3.8, 4) is 0 Å². The Bertz CT molecular complexity index is 868. The Morgan fingerprint density at radius 1 is 1.17 bits per heavy atom. The summed E-state index contributed by atoms with van der Waals surface area (Å²) in [4.78, 5) is 12.4. The molecular weight excluding hydrogens is 339 g/mol. The molecular formula is C15H13FN2O3S2. The molecule has 0 fully saturated rings. The Labute approximate surface area is 138 Å². The topological polar surface area (TPSA) is 80.5 Å². The minimum atomic E-state index is -3.99. The van der Waals surface area contributed by atoms with Crippen molar-refractivity contribution in [3.05, 3.63) is 65.5 Å². The summed E-state index contributed by atoms with van der Waals surface area (Å²) < 4.78 is 38.3. The third-order valence-corrected chi connectivity index (χ3v) is 4.23. The van der Waals surface area contributed by atoms with Crippen LogP contribution in [0.15, 0.2) is 48.5 Å². The molecule has 1 amide bonds. The lowest BCUT2D eigenvalue weighted by molar-refractivity contribution is 0.101. The first-order chi connectivity index (χ1) is 10.7. The number of rotatable bonds is 4. The lowest BCUT2D eigenvalue weighted by Gasteiger charge is -2.23. The molecule has 23 heavy (non-hydrogen) atoms. The Morgan fingerprint density at radius 2 is 1.78 bits per heavy atom. The molecule has 0 aliphatic carbocycles. The number of hydrogen-bond acceptors (Lipinski definition) is 4. The van der Waals surface area contributed by atoms with Crippen LogP contribution in [-0.4, -0.2) is 25.6 Å². The van der Waals surface area contributed by atoms with Crippen molar-refractivity contribution < 1.29 is 17.6 Å². The molecule has 0 saturated carbocycles. The van der Waals surface area contributed by atoms with E-state index in [-0.39, 0.29) is 21.8 Å². The lowest BCUT2D eigenvalue weighted by Crippen LogP contribution is -2.37. The summed E-state index contributed by atoms with van der Waals surface area (Å²) >= 11 is 4.83. The van der Waals surface area contributed by atoms with E-state index in [9.17, 15) is 17.6 Å². The van der Waals surface area contributed by atoms with Gasteiger partial charge in [0.2, 0.25) is 10.0 Å². The van der Waals surface area contributed by atoms with E-state index in [0.717, 1.165) is 24.5 Å². The van der Waals surface area contributed by atoms with E-state index in [1.807, 2.05) is 0 Å². The lowest BCUT2D eigenvalue weighted by atomic mass is 10.1. The number of carbonyl (C=O) groups is 1. The maximum atomic E-state index is 13.4. The molecule has 2 rings (SSSR count). The maximum Gasteiger partial charge on any atom is 0.272 e. The van der Waals surface area contributed by atoms with Crippen LogP contribution in [0.4, 0.5) is 10.1 Å². The number of halogens is 1. The molecule has 0 spiro atoms. The number of sulfonamides is 1. The first kappa shape index (κ1) is 17.0. The van der Waals surface area contributed by atoms with Crippen LogP contribution in [0.2, 0.25) is 0 Å². The zero-order valence-electron chi connectivity index (χ0n) is 12.1. The highest BCUT2D eigenvalue weighted by Gasteiger charge is 2.29. The van der Waals surface area contributed by atoms with E-state index < -0.39 is 21.7 Å². The fraction of sp³-hybridized carbons (Fsp3) is 0.0667. The molecule has 2 N–H and O–H groups in total. The molecule has 0 bridgehead atoms. The summed E-state index contributed by atoms with van der Waals surface area (Å²) in [5, 5.41) is 0. The van der Waals surface area contributed by atoms with Crippen molar-refractivity contribution in [2.45, 2.75) is 0 Å². The fourth-order valence-electron chi connectivity index (χ4n) is 2.02. The van der Waals surface area contributed by atoms with Gasteiger partial charge in [0, 0.05) is 11.1 Å². The first-order valence-electron chi connectivity index (χ1n) is 6.41. The molecule has 0 atom stereocenters. The quantitative estimate of drug-likeness (QED) is 0.852. The molecule has 2 aromatic rings.